The SMILES string of the molecule is CC1(C)OB(c2ccc(OCCCC#Cc3cccc4c3CN(C3CCC(=O)NC3=O)C4=O)nc2)OC1(C)C. The van der Waals surface area contributed by atoms with Crippen molar-refractivity contribution in [1.82, 2.24) is 15.2 Å². The molecule has 9 nitrogen and oxygen atoms in total. The number of nitrogens with zero attached hydrogens (tertiary/aromatic N) is 2. The minimum atomic E-state index is -0.639. The number of carbonyl (C=O) groups is 3. The third-order valence-electron chi connectivity index (χ3n) is 7.79. The summed E-state index contributed by atoms with van der Waals surface area (Å²) in [7, 11) is -0.461. The molecule has 0 bridgehead atoms. The minimum absolute atomic E-state index is 0.200. The maximum atomic E-state index is 13.0. The molecule has 4 heterocycles. The Morgan fingerprint density at radius 1 is 1.13 bits per heavy atom. The van der Waals surface area contributed by atoms with Gasteiger partial charge in [0.15, 0.2) is 0 Å². The van der Waals surface area contributed by atoms with Crippen LogP contribution in [0.5, 0.6) is 5.88 Å². The Morgan fingerprint density at radius 2 is 1.90 bits per heavy atom. The molecule has 2 aromatic rings. The van der Waals surface area contributed by atoms with E-state index in [-0.39, 0.29) is 18.2 Å². The minimum Gasteiger partial charge on any atom is -0.478 e. The van der Waals surface area contributed by atoms with E-state index in [0.29, 0.717) is 43.9 Å². The Hall–Kier alpha value is -3.68. The first-order valence-electron chi connectivity index (χ1n) is 13.3. The number of unbranched alkanes of at least 4 members (excludes halogenated alkanes) is 1. The van der Waals surface area contributed by atoms with Crippen molar-refractivity contribution in [2.75, 3.05) is 6.61 Å². The first-order chi connectivity index (χ1) is 18.6. The molecule has 3 aliphatic heterocycles. The van der Waals surface area contributed by atoms with E-state index in [0.717, 1.165) is 16.6 Å². The molecule has 3 aliphatic rings. The van der Waals surface area contributed by atoms with Gasteiger partial charge in [-0.2, -0.15) is 0 Å². The summed E-state index contributed by atoms with van der Waals surface area (Å²) >= 11 is 0. The number of piperidine rings is 1. The largest absolute Gasteiger partial charge is 0.496 e. The number of carbonyl (C=O) groups excluding carboxylic acids is 3. The molecule has 1 atom stereocenters. The van der Waals surface area contributed by atoms with Gasteiger partial charge in [-0.05, 0) is 64.3 Å². The molecule has 0 aliphatic carbocycles. The summed E-state index contributed by atoms with van der Waals surface area (Å²) in [6.45, 7) is 8.83. The molecule has 1 aromatic heterocycles. The number of hydrogen-bond donors (Lipinski definition) is 1. The van der Waals surface area contributed by atoms with Gasteiger partial charge in [-0.15, -0.1) is 0 Å². The Bertz CT molecular complexity index is 1350. The van der Waals surface area contributed by atoms with Crippen LogP contribution >= 0.6 is 0 Å². The van der Waals surface area contributed by atoms with Crippen molar-refractivity contribution in [1.29, 1.82) is 0 Å². The lowest BCUT2D eigenvalue weighted by atomic mass is 9.80. The molecule has 1 unspecified atom stereocenters. The average molecular weight is 529 g/mol. The first kappa shape index (κ1) is 26.9. The summed E-state index contributed by atoms with van der Waals surface area (Å²) in [5.41, 5.74) is 2.19. The van der Waals surface area contributed by atoms with Crippen LogP contribution < -0.4 is 15.5 Å². The second-order valence-corrected chi connectivity index (χ2v) is 11.0. The van der Waals surface area contributed by atoms with Crippen LogP contribution in [-0.2, 0) is 25.4 Å². The third-order valence-corrected chi connectivity index (χ3v) is 7.79. The molecule has 1 N–H and O–H groups in total. The quantitative estimate of drug-likeness (QED) is 0.265. The van der Waals surface area contributed by atoms with E-state index in [9.17, 15) is 14.4 Å². The third kappa shape index (κ3) is 5.42. The predicted molar refractivity (Wildman–Crippen MR) is 144 cm³/mol. The monoisotopic (exact) mass is 529 g/mol. The van der Waals surface area contributed by atoms with Gasteiger partial charge in [0, 0.05) is 42.2 Å². The molecule has 0 radical (unpaired) electrons. The highest BCUT2D eigenvalue weighted by molar-refractivity contribution is 6.62. The van der Waals surface area contributed by atoms with Crippen molar-refractivity contribution in [2.45, 2.75) is 77.2 Å². The summed E-state index contributed by atoms with van der Waals surface area (Å²) < 4.78 is 17.9. The van der Waals surface area contributed by atoms with Gasteiger partial charge < -0.3 is 18.9 Å². The van der Waals surface area contributed by atoms with Crippen molar-refractivity contribution in [3.8, 4) is 17.7 Å². The summed E-state index contributed by atoms with van der Waals surface area (Å²) in [6.07, 6.45) is 3.60. The maximum absolute atomic E-state index is 13.0. The molecule has 0 saturated carbocycles. The smallest absolute Gasteiger partial charge is 0.478 e. The molecule has 202 valence electrons. The van der Waals surface area contributed by atoms with E-state index >= 15 is 0 Å². The van der Waals surface area contributed by atoms with Crippen LogP contribution in [0.4, 0.5) is 0 Å². The van der Waals surface area contributed by atoms with Crippen LogP contribution in [0.25, 0.3) is 0 Å². The van der Waals surface area contributed by atoms with Crippen LogP contribution in [0.1, 0.15) is 74.9 Å². The van der Waals surface area contributed by atoms with Gasteiger partial charge in [0.25, 0.3) is 5.91 Å². The summed E-state index contributed by atoms with van der Waals surface area (Å²) in [5.74, 6) is 5.95. The number of benzene rings is 1. The van der Waals surface area contributed by atoms with Crippen molar-refractivity contribution < 1.29 is 28.4 Å². The maximum Gasteiger partial charge on any atom is 0.496 e. The first-order valence-corrected chi connectivity index (χ1v) is 13.3. The highest BCUT2D eigenvalue weighted by Crippen LogP contribution is 2.36. The van der Waals surface area contributed by atoms with Crippen LogP contribution in [0.15, 0.2) is 36.5 Å². The van der Waals surface area contributed by atoms with E-state index in [4.69, 9.17) is 14.0 Å². The van der Waals surface area contributed by atoms with Crippen molar-refractivity contribution in [3.05, 3.63) is 53.2 Å². The average Bonchev–Trinajstić information content (AvgIpc) is 3.33. The number of ether oxygens (including phenoxy) is 1. The predicted octanol–water partition coefficient (Wildman–Crippen LogP) is 2.35. The Labute approximate surface area is 228 Å². The number of aromatic nitrogens is 1. The van der Waals surface area contributed by atoms with E-state index < -0.39 is 30.3 Å². The topological polar surface area (TPSA) is 107 Å². The zero-order valence-electron chi connectivity index (χ0n) is 22.7. The number of amides is 3. The van der Waals surface area contributed by atoms with E-state index in [1.54, 1.807) is 18.3 Å². The lowest BCUT2D eigenvalue weighted by Gasteiger charge is -2.32. The number of nitrogens with one attached hydrogen (secondary N) is 1. The fourth-order valence-corrected chi connectivity index (χ4v) is 4.79. The molecule has 5 rings (SSSR count). The fourth-order valence-electron chi connectivity index (χ4n) is 4.79. The Balaban J connectivity index is 1.12. The van der Waals surface area contributed by atoms with E-state index in [1.807, 2.05) is 45.9 Å². The zero-order chi connectivity index (χ0) is 27.8. The van der Waals surface area contributed by atoms with Crippen molar-refractivity contribution in [2.24, 2.45) is 0 Å². The second-order valence-electron chi connectivity index (χ2n) is 11.0. The second kappa shape index (κ2) is 10.5. The molecule has 3 amide bonds. The molecule has 0 spiro atoms. The lowest BCUT2D eigenvalue weighted by molar-refractivity contribution is -0.136. The number of pyridine rings is 1. The number of fused-ring (bicyclic) bond motifs is 1. The molecule has 2 saturated heterocycles. The molecule has 1 aromatic carbocycles. The summed E-state index contributed by atoms with van der Waals surface area (Å²) in [6, 6.07) is 8.52. The molecular weight excluding hydrogens is 497 g/mol. The van der Waals surface area contributed by atoms with Crippen LogP contribution in [0.3, 0.4) is 0 Å². The van der Waals surface area contributed by atoms with Gasteiger partial charge in [-0.1, -0.05) is 24.0 Å². The highest BCUT2D eigenvalue weighted by Gasteiger charge is 2.51. The van der Waals surface area contributed by atoms with E-state index in [1.165, 1.54) is 4.90 Å². The number of imide groups is 1. The van der Waals surface area contributed by atoms with E-state index in [2.05, 4.69) is 22.1 Å². The molecular formula is C29H32BN3O6. The van der Waals surface area contributed by atoms with Gasteiger partial charge >= 0.3 is 7.12 Å². The lowest BCUT2D eigenvalue weighted by Crippen LogP contribution is -2.52. The summed E-state index contributed by atoms with van der Waals surface area (Å²) in [5, 5.41) is 2.33. The van der Waals surface area contributed by atoms with Crippen molar-refractivity contribution >= 4 is 30.3 Å². The normalized spacial score (nSPS) is 21.3. The fraction of sp³-hybridized carbons (Fsp3) is 0.448. The molecule has 39 heavy (non-hydrogen) atoms. The van der Waals surface area contributed by atoms with Gasteiger partial charge in [0.2, 0.25) is 17.7 Å². The Kier molecular flexibility index (Phi) is 7.23. The van der Waals surface area contributed by atoms with Gasteiger partial charge in [-0.3, -0.25) is 19.7 Å². The summed E-state index contributed by atoms with van der Waals surface area (Å²) in [4.78, 5) is 42.7. The van der Waals surface area contributed by atoms with Crippen molar-refractivity contribution in [3.63, 3.8) is 0 Å². The van der Waals surface area contributed by atoms with Gasteiger partial charge in [0.1, 0.15) is 6.04 Å². The zero-order valence-corrected chi connectivity index (χ0v) is 22.7. The number of rotatable bonds is 6. The molecule has 10 heteroatoms. The van der Waals surface area contributed by atoms with Crippen LogP contribution in [0, 0.1) is 11.8 Å². The molecule has 2 fully saturated rings. The number of hydrogen-bond acceptors (Lipinski definition) is 7. The van der Waals surface area contributed by atoms with Crippen LogP contribution in [0.2, 0.25) is 0 Å². The standard InChI is InChI=1S/C29H32BN3O6/c1-28(2)29(3,4)39-30(38-28)20-12-15-25(31-17-20)37-16-7-5-6-9-19-10-8-11-21-22(19)18-33(27(21)36)23-13-14-24(34)32-26(23)35/h8,10-12,15,17,23H,5,7,13-14,16,18H2,1-4H3,(H,32,34,35). The highest BCUT2D eigenvalue weighted by atomic mass is 16.7. The Morgan fingerprint density at radius 3 is 2.59 bits per heavy atom. The van der Waals surface area contributed by atoms with Gasteiger partial charge in [0.05, 0.1) is 17.8 Å². The van der Waals surface area contributed by atoms with Crippen LogP contribution in [-0.4, -0.2) is 58.6 Å². The van der Waals surface area contributed by atoms with Gasteiger partial charge in [-0.25, -0.2) is 4.98 Å².